The van der Waals surface area contributed by atoms with E-state index in [4.69, 9.17) is 4.42 Å². The molecule has 1 aliphatic carbocycles. The standard InChI is InChI=1S/C18H24N2O3/c1-13-5-6-16-15(10-13)20(17(21)23-16)12-19-9-8-18(22)7-3-2-4-14(18)11-19/h5-6,10,14,22H,2-4,7-9,11-12H2,1H3. The first kappa shape index (κ1) is 15.0. The summed E-state index contributed by atoms with van der Waals surface area (Å²) in [4.78, 5) is 14.5. The number of aromatic nitrogens is 1. The minimum absolute atomic E-state index is 0.296. The Bertz CT molecular complexity index is 778. The monoisotopic (exact) mass is 316 g/mol. The summed E-state index contributed by atoms with van der Waals surface area (Å²) in [7, 11) is 0. The molecule has 1 N–H and O–H groups in total. The van der Waals surface area contributed by atoms with Crippen molar-refractivity contribution in [3.05, 3.63) is 34.3 Å². The summed E-state index contributed by atoms with van der Waals surface area (Å²) in [6, 6.07) is 5.82. The van der Waals surface area contributed by atoms with Crippen LogP contribution in [0.15, 0.2) is 27.4 Å². The van der Waals surface area contributed by atoms with Gasteiger partial charge in [0.1, 0.15) is 0 Å². The van der Waals surface area contributed by atoms with Crippen LogP contribution in [0.3, 0.4) is 0 Å². The van der Waals surface area contributed by atoms with Gasteiger partial charge in [-0.3, -0.25) is 9.47 Å². The van der Waals surface area contributed by atoms with Crippen molar-refractivity contribution in [1.82, 2.24) is 9.47 Å². The van der Waals surface area contributed by atoms with Crippen molar-refractivity contribution >= 4 is 11.1 Å². The fraction of sp³-hybridized carbons (Fsp3) is 0.611. The lowest BCUT2D eigenvalue weighted by atomic mass is 9.71. The molecule has 124 valence electrons. The highest BCUT2D eigenvalue weighted by Crippen LogP contribution is 2.39. The molecular weight excluding hydrogens is 292 g/mol. The number of piperidine rings is 1. The van der Waals surface area contributed by atoms with Gasteiger partial charge in [0.2, 0.25) is 0 Å². The van der Waals surface area contributed by atoms with E-state index in [2.05, 4.69) is 4.90 Å². The van der Waals surface area contributed by atoms with E-state index in [1.54, 1.807) is 4.57 Å². The fourth-order valence-electron chi connectivity index (χ4n) is 4.27. The molecule has 0 amide bonds. The van der Waals surface area contributed by atoms with E-state index < -0.39 is 5.60 Å². The van der Waals surface area contributed by atoms with Crippen LogP contribution in [-0.4, -0.2) is 33.3 Å². The highest BCUT2D eigenvalue weighted by Gasteiger charge is 2.42. The van der Waals surface area contributed by atoms with Gasteiger partial charge in [0.25, 0.3) is 0 Å². The van der Waals surface area contributed by atoms with Crippen molar-refractivity contribution in [3.8, 4) is 0 Å². The maximum atomic E-state index is 12.2. The maximum absolute atomic E-state index is 12.2. The Morgan fingerprint density at radius 3 is 3.09 bits per heavy atom. The molecule has 0 radical (unpaired) electrons. The summed E-state index contributed by atoms with van der Waals surface area (Å²) < 4.78 is 7.07. The molecule has 2 heterocycles. The van der Waals surface area contributed by atoms with Gasteiger partial charge in [-0.15, -0.1) is 0 Å². The lowest BCUT2D eigenvalue weighted by Gasteiger charge is -2.47. The molecule has 1 saturated carbocycles. The molecule has 4 rings (SSSR count). The molecule has 1 aromatic heterocycles. The summed E-state index contributed by atoms with van der Waals surface area (Å²) in [6.07, 6.45) is 5.17. The van der Waals surface area contributed by atoms with Gasteiger partial charge in [0.15, 0.2) is 5.58 Å². The Hall–Kier alpha value is -1.59. The molecule has 1 aromatic carbocycles. The fourth-order valence-corrected chi connectivity index (χ4v) is 4.27. The van der Waals surface area contributed by atoms with Crippen LogP contribution in [0.2, 0.25) is 0 Å². The second-order valence-corrected chi connectivity index (χ2v) is 7.28. The third-order valence-corrected chi connectivity index (χ3v) is 5.68. The van der Waals surface area contributed by atoms with E-state index >= 15 is 0 Å². The normalized spacial score (nSPS) is 28.9. The van der Waals surface area contributed by atoms with Crippen LogP contribution < -0.4 is 5.76 Å². The molecule has 1 aliphatic heterocycles. The predicted molar refractivity (Wildman–Crippen MR) is 88.3 cm³/mol. The van der Waals surface area contributed by atoms with E-state index in [-0.39, 0.29) is 5.76 Å². The Balaban J connectivity index is 1.58. The minimum atomic E-state index is -0.477. The van der Waals surface area contributed by atoms with E-state index in [1.165, 1.54) is 6.42 Å². The smallest absolute Gasteiger partial charge is 0.408 e. The Morgan fingerprint density at radius 2 is 2.22 bits per heavy atom. The van der Waals surface area contributed by atoms with E-state index in [0.29, 0.717) is 18.2 Å². The number of fused-ring (bicyclic) bond motifs is 2. The zero-order chi connectivity index (χ0) is 16.0. The number of rotatable bonds is 2. The largest absolute Gasteiger partial charge is 0.421 e. The van der Waals surface area contributed by atoms with Crippen molar-refractivity contribution in [2.45, 2.75) is 51.3 Å². The summed E-state index contributed by atoms with van der Waals surface area (Å²) in [5, 5.41) is 10.8. The second kappa shape index (κ2) is 5.49. The SMILES string of the molecule is Cc1ccc2oc(=O)n(CN3CCC4(O)CCCCC4C3)c2c1. The number of benzene rings is 1. The third kappa shape index (κ3) is 2.62. The van der Waals surface area contributed by atoms with Gasteiger partial charge >= 0.3 is 5.76 Å². The first-order valence-corrected chi connectivity index (χ1v) is 8.60. The lowest BCUT2D eigenvalue weighted by Crippen LogP contribution is -2.53. The van der Waals surface area contributed by atoms with E-state index in [1.807, 2.05) is 25.1 Å². The Morgan fingerprint density at radius 1 is 1.35 bits per heavy atom. The van der Waals surface area contributed by atoms with Gasteiger partial charge in [-0.05, 0) is 43.9 Å². The second-order valence-electron chi connectivity index (χ2n) is 7.28. The number of oxazole rings is 1. The number of aliphatic hydroxyl groups is 1. The lowest BCUT2D eigenvalue weighted by molar-refractivity contribution is -0.100. The molecule has 0 spiro atoms. The van der Waals surface area contributed by atoms with Crippen molar-refractivity contribution in [1.29, 1.82) is 0 Å². The average molecular weight is 316 g/mol. The van der Waals surface area contributed by atoms with Crippen molar-refractivity contribution in [2.75, 3.05) is 13.1 Å². The minimum Gasteiger partial charge on any atom is -0.408 e. The molecule has 23 heavy (non-hydrogen) atoms. The highest BCUT2D eigenvalue weighted by atomic mass is 16.4. The molecule has 5 heteroatoms. The van der Waals surface area contributed by atoms with Gasteiger partial charge in [0, 0.05) is 19.0 Å². The van der Waals surface area contributed by atoms with E-state index in [0.717, 1.165) is 49.9 Å². The molecule has 2 aromatic rings. The van der Waals surface area contributed by atoms with Gasteiger partial charge in [0.05, 0.1) is 17.8 Å². The summed E-state index contributed by atoms with van der Waals surface area (Å²) in [5.41, 5.74) is 2.15. The van der Waals surface area contributed by atoms with Gasteiger partial charge in [-0.2, -0.15) is 0 Å². The summed E-state index contributed by atoms with van der Waals surface area (Å²) in [6.45, 7) is 4.26. The average Bonchev–Trinajstić information content (AvgIpc) is 2.83. The number of hydrogen-bond acceptors (Lipinski definition) is 4. The maximum Gasteiger partial charge on any atom is 0.421 e. The van der Waals surface area contributed by atoms with Gasteiger partial charge < -0.3 is 9.52 Å². The molecular formula is C18H24N2O3. The van der Waals surface area contributed by atoms with E-state index in [9.17, 15) is 9.90 Å². The van der Waals surface area contributed by atoms with Crippen molar-refractivity contribution < 1.29 is 9.52 Å². The van der Waals surface area contributed by atoms with Crippen molar-refractivity contribution in [2.24, 2.45) is 5.92 Å². The van der Waals surface area contributed by atoms with Crippen LogP contribution >= 0.6 is 0 Å². The predicted octanol–water partition coefficient (Wildman–Crippen LogP) is 2.49. The number of aryl methyl sites for hydroxylation is 1. The topological polar surface area (TPSA) is 58.6 Å². The summed E-state index contributed by atoms with van der Waals surface area (Å²) >= 11 is 0. The van der Waals surface area contributed by atoms with Crippen LogP contribution in [-0.2, 0) is 6.67 Å². The van der Waals surface area contributed by atoms with Gasteiger partial charge in [-0.1, -0.05) is 18.9 Å². The zero-order valence-electron chi connectivity index (χ0n) is 13.6. The van der Waals surface area contributed by atoms with Crippen LogP contribution in [0.5, 0.6) is 0 Å². The molecule has 2 fully saturated rings. The van der Waals surface area contributed by atoms with Crippen LogP contribution in [0.1, 0.15) is 37.7 Å². The molecule has 5 nitrogen and oxygen atoms in total. The number of likely N-dealkylation sites (tertiary alicyclic amines) is 1. The van der Waals surface area contributed by atoms with Crippen molar-refractivity contribution in [3.63, 3.8) is 0 Å². The first-order chi connectivity index (χ1) is 11.0. The van der Waals surface area contributed by atoms with Crippen LogP contribution in [0, 0.1) is 12.8 Å². The van der Waals surface area contributed by atoms with Crippen LogP contribution in [0.25, 0.3) is 11.1 Å². The number of nitrogens with zero attached hydrogens (tertiary/aromatic N) is 2. The molecule has 2 atom stereocenters. The van der Waals surface area contributed by atoms with Gasteiger partial charge in [-0.25, -0.2) is 4.79 Å². The quantitative estimate of drug-likeness (QED) is 0.925. The Labute approximate surface area is 135 Å². The third-order valence-electron chi connectivity index (χ3n) is 5.68. The Kier molecular flexibility index (Phi) is 3.58. The summed E-state index contributed by atoms with van der Waals surface area (Å²) in [5.74, 6) is 0.0377. The van der Waals surface area contributed by atoms with Crippen LogP contribution in [0.4, 0.5) is 0 Å². The zero-order valence-corrected chi connectivity index (χ0v) is 13.6. The molecule has 0 bridgehead atoms. The molecule has 2 aliphatic rings. The molecule has 1 saturated heterocycles. The molecule has 2 unspecified atom stereocenters. The number of hydrogen-bond donors (Lipinski definition) is 1. The first-order valence-electron chi connectivity index (χ1n) is 8.60. The highest BCUT2D eigenvalue weighted by molar-refractivity contribution is 5.73.